The number of anilines is 2. The number of pyridine rings is 1. The highest BCUT2D eigenvalue weighted by atomic mass is 19.1. The Morgan fingerprint density at radius 3 is 2.38 bits per heavy atom. The molecule has 4 aromatic rings. The molecule has 10 N–H and O–H groups in total. The maximum atomic E-state index is 15.3. The summed E-state index contributed by atoms with van der Waals surface area (Å²) in [6, 6.07) is 4.96. The second kappa shape index (κ2) is 21.7. The Balaban J connectivity index is 1.07. The van der Waals surface area contributed by atoms with Crippen molar-refractivity contribution in [3.8, 4) is 11.4 Å². The number of fused-ring (bicyclic) bond motifs is 4. The van der Waals surface area contributed by atoms with Gasteiger partial charge in [0.2, 0.25) is 17.7 Å². The van der Waals surface area contributed by atoms with Gasteiger partial charge in [0.25, 0.3) is 0 Å². The Hall–Kier alpha value is -6.24. The standard InChI is InChI=1S/C44H57F2N11O6/c1-24(2)36(55-34(58)8-4-3-5-17-47)42(60)54-33(7-6-18-49-44(48)62)41(59)53-29-15-9-25(10-16-29)23-63-43(61)35-26-11-13-27(14-12-26)37(35)56-40-32(46)22-52-39(57-40)31-21-51-38-30(31)19-28(45)20-50-38/h9-10,15-16,19-22,24,26-27,33,35-37H,3-8,11-14,17-18,23,47H2,1-2H3,(H,50,51)(H,53,59)(H,54,60)(H,55,58)(H3,48,49,62)(H,52,56,57)/t26?,27?,33-,35-,36-,37-/m0/s1. The summed E-state index contributed by atoms with van der Waals surface area (Å²) in [6.45, 7) is 4.26. The fourth-order valence-corrected chi connectivity index (χ4v) is 8.51. The van der Waals surface area contributed by atoms with Gasteiger partial charge >= 0.3 is 12.0 Å². The van der Waals surface area contributed by atoms with Crippen LogP contribution in [0.3, 0.4) is 0 Å². The van der Waals surface area contributed by atoms with Crippen LogP contribution in [-0.4, -0.2) is 80.9 Å². The number of nitrogens with zero attached hydrogens (tertiary/aromatic N) is 3. The van der Waals surface area contributed by atoms with Gasteiger partial charge in [-0.1, -0.05) is 32.4 Å². The summed E-state index contributed by atoms with van der Waals surface area (Å²) in [5, 5.41) is 14.6. The first-order valence-corrected chi connectivity index (χ1v) is 21.6. The number of primary amides is 1. The highest BCUT2D eigenvalue weighted by Crippen LogP contribution is 2.47. The number of nitrogens with one attached hydrogen (secondary N) is 6. The molecule has 4 atom stereocenters. The molecule has 0 aliphatic heterocycles. The highest BCUT2D eigenvalue weighted by Gasteiger charge is 2.48. The van der Waals surface area contributed by atoms with Crippen molar-refractivity contribution >= 4 is 52.3 Å². The monoisotopic (exact) mass is 873 g/mol. The molecule has 17 nitrogen and oxygen atoms in total. The van der Waals surface area contributed by atoms with Crippen LogP contribution < -0.4 is 38.1 Å². The van der Waals surface area contributed by atoms with Crippen LogP contribution in [0.25, 0.3) is 22.4 Å². The first kappa shape index (κ1) is 46.3. The van der Waals surface area contributed by atoms with E-state index in [4.69, 9.17) is 16.2 Å². The van der Waals surface area contributed by atoms with Gasteiger partial charge in [-0.3, -0.25) is 19.2 Å². The molecule has 3 saturated carbocycles. The third-order valence-corrected chi connectivity index (χ3v) is 11.9. The zero-order valence-corrected chi connectivity index (χ0v) is 35.6. The van der Waals surface area contributed by atoms with Crippen LogP contribution in [0, 0.1) is 35.3 Å². The highest BCUT2D eigenvalue weighted by molar-refractivity contribution is 5.98. The number of aromatic amines is 1. The molecule has 7 rings (SSSR count). The average Bonchev–Trinajstić information content (AvgIpc) is 3.68. The van der Waals surface area contributed by atoms with Gasteiger partial charge in [-0.2, -0.15) is 0 Å². The molecule has 63 heavy (non-hydrogen) atoms. The summed E-state index contributed by atoms with van der Waals surface area (Å²) in [7, 11) is 0. The summed E-state index contributed by atoms with van der Waals surface area (Å²) in [5.41, 5.74) is 12.7. The molecule has 2 bridgehead atoms. The molecule has 3 heterocycles. The van der Waals surface area contributed by atoms with Crippen molar-refractivity contribution in [2.24, 2.45) is 35.1 Å². The fourth-order valence-electron chi connectivity index (χ4n) is 8.51. The van der Waals surface area contributed by atoms with E-state index in [1.54, 1.807) is 44.3 Å². The first-order chi connectivity index (χ1) is 30.3. The minimum Gasteiger partial charge on any atom is -0.461 e. The third-order valence-electron chi connectivity index (χ3n) is 11.9. The number of hydrogen-bond acceptors (Lipinski definition) is 11. The van der Waals surface area contributed by atoms with Crippen LogP contribution in [-0.2, 0) is 30.5 Å². The average molecular weight is 874 g/mol. The van der Waals surface area contributed by atoms with Gasteiger partial charge in [0.15, 0.2) is 17.5 Å². The number of H-pyrrole nitrogens is 1. The number of unbranched alkanes of at least 4 members (excludes halogenated alkanes) is 2. The number of carbonyl (C=O) groups is 5. The normalized spacial score (nSPS) is 19.0. The van der Waals surface area contributed by atoms with E-state index in [1.165, 1.54) is 6.07 Å². The van der Waals surface area contributed by atoms with Crippen molar-refractivity contribution in [1.82, 2.24) is 35.9 Å². The molecule has 0 spiro atoms. The maximum absolute atomic E-state index is 15.3. The lowest BCUT2D eigenvalue weighted by molar-refractivity contribution is -0.156. The number of carbonyl (C=O) groups excluding carboxylic acids is 5. The maximum Gasteiger partial charge on any atom is 0.312 e. The second-order valence-corrected chi connectivity index (χ2v) is 16.7. The van der Waals surface area contributed by atoms with Crippen molar-refractivity contribution in [3.05, 3.63) is 66.1 Å². The molecule has 1 aromatic carbocycles. The van der Waals surface area contributed by atoms with E-state index >= 15 is 4.39 Å². The summed E-state index contributed by atoms with van der Waals surface area (Å²) in [5.74, 6) is -3.55. The van der Waals surface area contributed by atoms with Gasteiger partial charge in [0.05, 0.1) is 18.3 Å². The second-order valence-electron chi connectivity index (χ2n) is 16.7. The van der Waals surface area contributed by atoms with Crippen LogP contribution >= 0.6 is 0 Å². The minimum atomic E-state index is -1.01. The number of ether oxygens (including phenoxy) is 1. The van der Waals surface area contributed by atoms with Crippen LogP contribution in [0.5, 0.6) is 0 Å². The number of benzene rings is 1. The van der Waals surface area contributed by atoms with Crippen molar-refractivity contribution in [2.75, 3.05) is 23.7 Å². The number of rotatable bonds is 21. The quantitative estimate of drug-likeness (QED) is 0.0417. The predicted molar refractivity (Wildman–Crippen MR) is 231 cm³/mol. The Morgan fingerprint density at radius 2 is 1.67 bits per heavy atom. The van der Waals surface area contributed by atoms with Crippen molar-refractivity contribution in [1.29, 1.82) is 0 Å². The van der Waals surface area contributed by atoms with Gasteiger partial charge in [0, 0.05) is 41.8 Å². The van der Waals surface area contributed by atoms with Gasteiger partial charge in [0.1, 0.15) is 30.2 Å². The number of hydrogen-bond donors (Lipinski definition) is 8. The van der Waals surface area contributed by atoms with E-state index in [0.717, 1.165) is 50.9 Å². The molecule has 19 heteroatoms. The number of urea groups is 1. The van der Waals surface area contributed by atoms with Gasteiger partial charge in [-0.15, -0.1) is 0 Å². The van der Waals surface area contributed by atoms with E-state index in [0.29, 0.717) is 47.2 Å². The van der Waals surface area contributed by atoms with E-state index in [-0.39, 0.29) is 61.3 Å². The van der Waals surface area contributed by atoms with E-state index in [2.05, 4.69) is 46.5 Å². The predicted octanol–water partition coefficient (Wildman–Crippen LogP) is 4.79. The minimum absolute atomic E-state index is 0.0307. The van der Waals surface area contributed by atoms with Gasteiger partial charge < -0.3 is 47.8 Å². The zero-order chi connectivity index (χ0) is 45.0. The number of esters is 1. The van der Waals surface area contributed by atoms with E-state index < -0.39 is 59.5 Å². The molecule has 3 aliphatic rings. The number of nitrogens with two attached hydrogens (primary N) is 2. The van der Waals surface area contributed by atoms with Crippen molar-refractivity contribution < 1.29 is 37.5 Å². The van der Waals surface area contributed by atoms with Gasteiger partial charge in [-0.05, 0) is 99.4 Å². The number of halogens is 2. The van der Waals surface area contributed by atoms with Crippen molar-refractivity contribution in [2.45, 2.75) is 103 Å². The van der Waals surface area contributed by atoms with Crippen LogP contribution in [0.15, 0.2) is 48.9 Å². The summed E-state index contributed by atoms with van der Waals surface area (Å²) in [4.78, 5) is 80.4. The largest absolute Gasteiger partial charge is 0.461 e. The molecule has 0 unspecified atom stereocenters. The molecule has 0 radical (unpaired) electrons. The lowest BCUT2D eigenvalue weighted by atomic mass is 9.61. The summed E-state index contributed by atoms with van der Waals surface area (Å²) in [6.07, 6.45) is 10.1. The summed E-state index contributed by atoms with van der Waals surface area (Å²) < 4.78 is 35.2. The molecule has 3 fully saturated rings. The fraction of sp³-hybridized carbons (Fsp3) is 0.500. The van der Waals surface area contributed by atoms with E-state index in [9.17, 15) is 28.4 Å². The Kier molecular flexibility index (Phi) is 15.9. The van der Waals surface area contributed by atoms with Crippen LogP contribution in [0.1, 0.15) is 83.6 Å². The summed E-state index contributed by atoms with van der Waals surface area (Å²) >= 11 is 0. The lowest BCUT2D eigenvalue weighted by Gasteiger charge is -2.47. The molecule has 3 aliphatic carbocycles. The Bertz CT molecular complexity index is 2230. The lowest BCUT2D eigenvalue weighted by Crippen LogP contribution is -2.54. The van der Waals surface area contributed by atoms with Crippen LogP contribution in [0.4, 0.5) is 25.1 Å². The van der Waals surface area contributed by atoms with Crippen molar-refractivity contribution in [3.63, 3.8) is 0 Å². The number of amides is 5. The Labute approximate surface area is 364 Å². The molecule has 5 amide bonds. The molecular weight excluding hydrogens is 817 g/mol. The Morgan fingerprint density at radius 1 is 0.921 bits per heavy atom. The smallest absolute Gasteiger partial charge is 0.312 e. The molecule has 0 saturated heterocycles. The SMILES string of the molecule is CC(C)[C@H](NC(=O)CCCCCN)C(=O)N[C@@H](CCCNC(N)=O)C(=O)Nc1ccc(COC(=O)[C@H]2C3CCC(CC3)[C@@H]2Nc2nc(-c3c[nH]c4ncc(F)cc34)ncc2F)cc1. The molecule has 338 valence electrons. The molecular formula is C44H57F2N11O6. The van der Waals surface area contributed by atoms with E-state index in [1.807, 2.05) is 0 Å². The first-order valence-electron chi connectivity index (χ1n) is 21.6. The molecule has 3 aromatic heterocycles. The topological polar surface area (TPSA) is 261 Å². The van der Waals surface area contributed by atoms with Gasteiger partial charge in [-0.25, -0.2) is 28.5 Å². The zero-order valence-electron chi connectivity index (χ0n) is 35.6. The van der Waals surface area contributed by atoms with Crippen LogP contribution in [0.2, 0.25) is 0 Å². The third kappa shape index (κ3) is 12.2. The number of aromatic nitrogens is 4.